The number of hydrogen-bond donors (Lipinski definition) is 2. The highest BCUT2D eigenvalue weighted by Crippen LogP contribution is 2.19. The van der Waals surface area contributed by atoms with Crippen molar-refractivity contribution in [3.63, 3.8) is 0 Å². The molecule has 0 aromatic carbocycles. The number of nitrogens with zero attached hydrogens (tertiary/aromatic N) is 2. The van der Waals surface area contributed by atoms with Gasteiger partial charge in [0.1, 0.15) is 5.82 Å². The molecule has 0 atom stereocenters. The average Bonchev–Trinajstić information content (AvgIpc) is 2.33. The number of aromatic nitrogens is 2. The second kappa shape index (κ2) is 2.82. The lowest BCUT2D eigenvalue weighted by Gasteiger charge is -2.21. The topological polar surface area (TPSA) is 57.9 Å². The first kappa shape index (κ1) is 7.91. The lowest BCUT2D eigenvalue weighted by Crippen LogP contribution is -2.25. The molecule has 0 saturated heterocycles. The zero-order chi connectivity index (χ0) is 8.43. The van der Waals surface area contributed by atoms with Crippen molar-refractivity contribution >= 4 is 11.5 Å². The van der Waals surface area contributed by atoms with Gasteiger partial charge < -0.3 is 10.6 Å². The fourth-order valence-corrected chi connectivity index (χ4v) is 0.849. The molecular weight excluding hydrogens is 140 g/mol. The van der Waals surface area contributed by atoms with Crippen molar-refractivity contribution in [1.29, 1.82) is 0 Å². The first-order valence-corrected chi connectivity index (χ1v) is 3.64. The van der Waals surface area contributed by atoms with Crippen molar-refractivity contribution in [2.75, 3.05) is 17.7 Å². The highest BCUT2D eigenvalue weighted by atomic mass is 15.2. The van der Waals surface area contributed by atoms with Gasteiger partial charge in [0.15, 0.2) is 0 Å². The minimum absolute atomic E-state index is 0.440. The third kappa shape index (κ3) is 1.45. The molecule has 11 heavy (non-hydrogen) atoms. The standard InChI is InChI=1S/C7H14N4/c1-5(2)11(3)6-4-9-10-7(6)8/h4-5H,1-3H3,(H3,8,9,10). The molecule has 0 spiro atoms. The Morgan fingerprint density at radius 3 is 2.64 bits per heavy atom. The summed E-state index contributed by atoms with van der Waals surface area (Å²) < 4.78 is 0. The molecular formula is C7H14N4. The van der Waals surface area contributed by atoms with E-state index in [0.29, 0.717) is 11.9 Å². The summed E-state index contributed by atoms with van der Waals surface area (Å²) in [6, 6.07) is 0.440. The first-order valence-electron chi connectivity index (χ1n) is 3.64. The molecule has 0 aliphatic heterocycles. The average molecular weight is 154 g/mol. The van der Waals surface area contributed by atoms with E-state index in [-0.39, 0.29) is 0 Å². The zero-order valence-electron chi connectivity index (χ0n) is 7.13. The van der Waals surface area contributed by atoms with Crippen molar-refractivity contribution in [1.82, 2.24) is 10.2 Å². The first-order chi connectivity index (χ1) is 5.13. The normalized spacial score (nSPS) is 10.5. The van der Waals surface area contributed by atoms with E-state index >= 15 is 0 Å². The maximum atomic E-state index is 5.62. The molecule has 0 aliphatic carbocycles. The second-order valence-electron chi connectivity index (χ2n) is 2.87. The van der Waals surface area contributed by atoms with E-state index in [4.69, 9.17) is 5.73 Å². The summed E-state index contributed by atoms with van der Waals surface area (Å²) in [5.41, 5.74) is 6.58. The van der Waals surface area contributed by atoms with E-state index in [1.165, 1.54) is 0 Å². The van der Waals surface area contributed by atoms with Gasteiger partial charge in [-0.05, 0) is 13.8 Å². The molecule has 0 fully saturated rings. The molecule has 0 amide bonds. The van der Waals surface area contributed by atoms with E-state index in [1.807, 2.05) is 7.05 Å². The Hall–Kier alpha value is -1.19. The van der Waals surface area contributed by atoms with E-state index < -0.39 is 0 Å². The predicted molar refractivity (Wildman–Crippen MR) is 46.5 cm³/mol. The number of H-pyrrole nitrogens is 1. The Balaban J connectivity index is 2.84. The molecule has 0 aliphatic rings. The highest BCUT2D eigenvalue weighted by molar-refractivity contribution is 5.61. The Bertz CT molecular complexity index is 228. The van der Waals surface area contributed by atoms with E-state index in [1.54, 1.807) is 6.20 Å². The molecule has 4 nitrogen and oxygen atoms in total. The van der Waals surface area contributed by atoms with Crippen LogP contribution in [0.1, 0.15) is 13.8 Å². The molecule has 1 heterocycles. The van der Waals surface area contributed by atoms with Gasteiger partial charge >= 0.3 is 0 Å². The van der Waals surface area contributed by atoms with Crippen LogP contribution in [-0.4, -0.2) is 23.3 Å². The maximum absolute atomic E-state index is 5.62. The van der Waals surface area contributed by atoms with Crippen LogP contribution in [0.25, 0.3) is 0 Å². The van der Waals surface area contributed by atoms with Crippen molar-refractivity contribution < 1.29 is 0 Å². The summed E-state index contributed by atoms with van der Waals surface area (Å²) in [6.07, 6.45) is 1.73. The van der Waals surface area contributed by atoms with E-state index in [9.17, 15) is 0 Å². The number of aromatic amines is 1. The third-order valence-electron chi connectivity index (χ3n) is 1.80. The van der Waals surface area contributed by atoms with Crippen molar-refractivity contribution in [2.45, 2.75) is 19.9 Å². The minimum Gasteiger partial charge on any atom is -0.382 e. The number of hydrogen-bond acceptors (Lipinski definition) is 3. The van der Waals surface area contributed by atoms with E-state index in [0.717, 1.165) is 5.69 Å². The number of rotatable bonds is 2. The van der Waals surface area contributed by atoms with Crippen LogP contribution in [0.2, 0.25) is 0 Å². The van der Waals surface area contributed by atoms with Gasteiger partial charge in [-0.15, -0.1) is 0 Å². The van der Waals surface area contributed by atoms with Crippen LogP contribution in [0.15, 0.2) is 6.20 Å². The number of nitrogens with two attached hydrogens (primary N) is 1. The Kier molecular flexibility index (Phi) is 2.03. The number of nitrogen functional groups attached to an aromatic ring is 1. The number of nitrogens with one attached hydrogen (secondary N) is 1. The summed E-state index contributed by atoms with van der Waals surface area (Å²) >= 11 is 0. The fraction of sp³-hybridized carbons (Fsp3) is 0.571. The fourth-order valence-electron chi connectivity index (χ4n) is 0.849. The van der Waals surface area contributed by atoms with E-state index in [2.05, 4.69) is 28.9 Å². The van der Waals surface area contributed by atoms with Gasteiger partial charge in [0.25, 0.3) is 0 Å². The van der Waals surface area contributed by atoms with Crippen LogP contribution >= 0.6 is 0 Å². The van der Waals surface area contributed by atoms with Gasteiger partial charge in [0, 0.05) is 13.1 Å². The van der Waals surface area contributed by atoms with Crippen LogP contribution in [0, 0.1) is 0 Å². The molecule has 0 bridgehead atoms. The van der Waals surface area contributed by atoms with Crippen LogP contribution < -0.4 is 10.6 Å². The summed E-state index contributed by atoms with van der Waals surface area (Å²) in [7, 11) is 1.99. The predicted octanol–water partition coefficient (Wildman–Crippen LogP) is 0.837. The Labute approximate surface area is 66.4 Å². The Morgan fingerprint density at radius 2 is 2.27 bits per heavy atom. The summed E-state index contributed by atoms with van der Waals surface area (Å²) in [4.78, 5) is 2.07. The molecule has 4 heteroatoms. The molecule has 62 valence electrons. The SMILES string of the molecule is CC(C)N(C)c1cn[nH]c1N. The maximum Gasteiger partial charge on any atom is 0.142 e. The van der Waals surface area contributed by atoms with Gasteiger partial charge in [-0.25, -0.2) is 0 Å². The minimum atomic E-state index is 0.440. The number of anilines is 2. The smallest absolute Gasteiger partial charge is 0.142 e. The van der Waals surface area contributed by atoms with Crippen LogP contribution in [-0.2, 0) is 0 Å². The second-order valence-corrected chi connectivity index (χ2v) is 2.87. The highest BCUT2D eigenvalue weighted by Gasteiger charge is 2.08. The molecule has 0 unspecified atom stereocenters. The van der Waals surface area contributed by atoms with Crippen LogP contribution in [0.4, 0.5) is 11.5 Å². The Morgan fingerprint density at radius 1 is 1.64 bits per heavy atom. The van der Waals surface area contributed by atoms with Gasteiger partial charge in [-0.3, -0.25) is 5.10 Å². The van der Waals surface area contributed by atoms with Crippen molar-refractivity contribution in [2.24, 2.45) is 0 Å². The van der Waals surface area contributed by atoms with Gasteiger partial charge in [-0.2, -0.15) is 5.10 Å². The van der Waals surface area contributed by atoms with Crippen LogP contribution in [0.5, 0.6) is 0 Å². The molecule has 3 N–H and O–H groups in total. The molecule has 1 rings (SSSR count). The van der Waals surface area contributed by atoms with Crippen molar-refractivity contribution in [3.8, 4) is 0 Å². The summed E-state index contributed by atoms with van der Waals surface area (Å²) in [5.74, 6) is 0.626. The largest absolute Gasteiger partial charge is 0.382 e. The third-order valence-corrected chi connectivity index (χ3v) is 1.80. The van der Waals surface area contributed by atoms with Crippen molar-refractivity contribution in [3.05, 3.63) is 6.20 Å². The zero-order valence-corrected chi connectivity index (χ0v) is 7.13. The van der Waals surface area contributed by atoms with Crippen LogP contribution in [0.3, 0.4) is 0 Å². The summed E-state index contributed by atoms with van der Waals surface area (Å²) in [5, 5.41) is 6.52. The monoisotopic (exact) mass is 154 g/mol. The molecule has 0 radical (unpaired) electrons. The summed E-state index contributed by atoms with van der Waals surface area (Å²) in [6.45, 7) is 4.21. The molecule has 1 aromatic heterocycles. The lowest BCUT2D eigenvalue weighted by molar-refractivity contribution is 0.756. The molecule has 1 aromatic rings. The van der Waals surface area contributed by atoms with Gasteiger partial charge in [0.05, 0.1) is 11.9 Å². The molecule has 0 saturated carbocycles. The quantitative estimate of drug-likeness (QED) is 0.663. The lowest BCUT2D eigenvalue weighted by atomic mass is 10.3. The van der Waals surface area contributed by atoms with Gasteiger partial charge in [0.2, 0.25) is 0 Å². The van der Waals surface area contributed by atoms with Gasteiger partial charge in [-0.1, -0.05) is 0 Å².